The quantitative estimate of drug-likeness (QED) is 0.540. The predicted molar refractivity (Wildman–Crippen MR) is 126 cm³/mol. The first-order valence-corrected chi connectivity index (χ1v) is 11.0. The van der Waals surface area contributed by atoms with Gasteiger partial charge in [0.15, 0.2) is 6.10 Å². The van der Waals surface area contributed by atoms with E-state index in [-0.39, 0.29) is 5.91 Å². The molecular weight excluding hydrogens is 416 g/mol. The molecule has 1 heterocycles. The highest BCUT2D eigenvalue weighted by Crippen LogP contribution is 2.27. The molecule has 168 valence electrons. The Morgan fingerprint density at radius 3 is 2.36 bits per heavy atom. The Bertz CT molecular complexity index is 1140. The third-order valence-corrected chi connectivity index (χ3v) is 5.66. The van der Waals surface area contributed by atoms with Crippen LogP contribution in [-0.2, 0) is 20.9 Å². The van der Waals surface area contributed by atoms with Crippen molar-refractivity contribution >= 4 is 23.5 Å². The Morgan fingerprint density at radius 1 is 0.970 bits per heavy atom. The summed E-state index contributed by atoms with van der Waals surface area (Å²) in [4.78, 5) is 38.9. The molecule has 1 aliphatic heterocycles. The van der Waals surface area contributed by atoms with Gasteiger partial charge < -0.3 is 15.0 Å². The smallest absolute Gasteiger partial charge is 0.338 e. The highest BCUT2D eigenvalue weighted by Gasteiger charge is 2.22. The molecular formula is C27H26N2O4. The number of benzene rings is 3. The van der Waals surface area contributed by atoms with Gasteiger partial charge in [0.25, 0.3) is 5.91 Å². The molecule has 33 heavy (non-hydrogen) atoms. The van der Waals surface area contributed by atoms with Gasteiger partial charge in [-0.2, -0.15) is 0 Å². The van der Waals surface area contributed by atoms with Gasteiger partial charge in [0.1, 0.15) is 0 Å². The summed E-state index contributed by atoms with van der Waals surface area (Å²) >= 11 is 0. The van der Waals surface area contributed by atoms with Crippen LogP contribution < -0.4 is 5.32 Å². The minimum Gasteiger partial charge on any atom is -0.449 e. The van der Waals surface area contributed by atoms with Crippen LogP contribution in [0.5, 0.6) is 0 Å². The van der Waals surface area contributed by atoms with Crippen LogP contribution in [0.3, 0.4) is 0 Å². The fourth-order valence-corrected chi connectivity index (χ4v) is 3.82. The van der Waals surface area contributed by atoms with Crippen molar-refractivity contribution in [3.05, 3.63) is 90.0 Å². The second-order valence-electron chi connectivity index (χ2n) is 8.06. The lowest BCUT2D eigenvalue weighted by atomic mass is 10.0. The van der Waals surface area contributed by atoms with Gasteiger partial charge >= 0.3 is 5.97 Å². The molecule has 6 nitrogen and oxygen atoms in total. The van der Waals surface area contributed by atoms with Gasteiger partial charge in [-0.05, 0) is 42.7 Å². The van der Waals surface area contributed by atoms with Gasteiger partial charge in [0.05, 0.1) is 5.56 Å². The van der Waals surface area contributed by atoms with E-state index in [4.69, 9.17) is 4.74 Å². The summed E-state index contributed by atoms with van der Waals surface area (Å²) in [7, 11) is 0. The van der Waals surface area contributed by atoms with Crippen molar-refractivity contribution in [3.63, 3.8) is 0 Å². The maximum atomic E-state index is 12.7. The Labute approximate surface area is 193 Å². The van der Waals surface area contributed by atoms with Crippen molar-refractivity contribution in [2.45, 2.75) is 32.4 Å². The molecule has 6 heteroatoms. The Kier molecular flexibility index (Phi) is 6.83. The van der Waals surface area contributed by atoms with E-state index in [0.29, 0.717) is 24.2 Å². The summed E-state index contributed by atoms with van der Waals surface area (Å²) in [5.41, 5.74) is 3.82. The van der Waals surface area contributed by atoms with Crippen molar-refractivity contribution in [1.29, 1.82) is 0 Å². The molecule has 3 aromatic carbocycles. The molecule has 1 fully saturated rings. The first-order chi connectivity index (χ1) is 16.0. The molecule has 0 bridgehead atoms. The van der Waals surface area contributed by atoms with E-state index < -0.39 is 18.0 Å². The van der Waals surface area contributed by atoms with E-state index in [0.717, 1.165) is 29.7 Å². The summed E-state index contributed by atoms with van der Waals surface area (Å²) in [6.07, 6.45) is 0.516. The number of anilines is 1. The van der Waals surface area contributed by atoms with E-state index in [9.17, 15) is 14.4 Å². The maximum absolute atomic E-state index is 12.7. The largest absolute Gasteiger partial charge is 0.449 e. The Morgan fingerprint density at radius 2 is 1.67 bits per heavy atom. The Balaban J connectivity index is 1.36. The Hall–Kier alpha value is -3.93. The minimum absolute atomic E-state index is 0.159. The minimum atomic E-state index is -0.969. The topological polar surface area (TPSA) is 75.7 Å². The lowest BCUT2D eigenvalue weighted by molar-refractivity contribution is -0.128. The van der Waals surface area contributed by atoms with Crippen molar-refractivity contribution < 1.29 is 19.1 Å². The number of nitrogens with zero attached hydrogens (tertiary/aromatic N) is 1. The monoisotopic (exact) mass is 442 g/mol. The summed E-state index contributed by atoms with van der Waals surface area (Å²) < 4.78 is 5.39. The molecule has 4 rings (SSSR count). The van der Waals surface area contributed by atoms with Crippen LogP contribution in [0.4, 0.5) is 5.69 Å². The molecule has 0 saturated carbocycles. The summed E-state index contributed by atoms with van der Waals surface area (Å²) in [6.45, 7) is 2.85. The molecule has 0 spiro atoms. The normalized spacial score (nSPS) is 14.1. The number of hydrogen-bond donors (Lipinski definition) is 1. The van der Waals surface area contributed by atoms with E-state index in [1.165, 1.54) is 0 Å². The zero-order valence-electron chi connectivity index (χ0n) is 18.5. The van der Waals surface area contributed by atoms with Crippen LogP contribution in [0.1, 0.15) is 35.7 Å². The van der Waals surface area contributed by atoms with Gasteiger partial charge in [-0.3, -0.25) is 9.59 Å². The molecule has 1 unspecified atom stereocenters. The highest BCUT2D eigenvalue weighted by atomic mass is 16.5. The number of likely N-dealkylation sites (tertiary alicyclic amines) is 1. The van der Waals surface area contributed by atoms with Gasteiger partial charge in [0.2, 0.25) is 5.91 Å². The number of amides is 2. The first kappa shape index (κ1) is 22.3. The molecule has 0 aromatic heterocycles. The van der Waals surface area contributed by atoms with Crippen LogP contribution in [0.2, 0.25) is 0 Å². The van der Waals surface area contributed by atoms with Gasteiger partial charge in [-0.15, -0.1) is 0 Å². The second kappa shape index (κ2) is 10.1. The number of carbonyl (C=O) groups is 3. The third kappa shape index (κ3) is 5.47. The second-order valence-corrected chi connectivity index (χ2v) is 8.06. The van der Waals surface area contributed by atoms with Crippen molar-refractivity contribution in [2.24, 2.45) is 0 Å². The molecule has 0 radical (unpaired) electrons. The van der Waals surface area contributed by atoms with Crippen LogP contribution in [0.25, 0.3) is 11.1 Å². The summed E-state index contributed by atoms with van der Waals surface area (Å²) in [6, 6.07) is 24.2. The molecule has 1 atom stereocenters. The number of esters is 1. The van der Waals surface area contributed by atoms with Crippen molar-refractivity contribution in [2.75, 3.05) is 11.9 Å². The molecule has 1 saturated heterocycles. The number of para-hydroxylation sites is 1. The average molecular weight is 443 g/mol. The number of hydrogen-bond acceptors (Lipinski definition) is 4. The SMILES string of the molecule is CC(OC(=O)c1ccc(CN2CCCC2=O)cc1)C(=O)Nc1ccccc1-c1ccccc1. The van der Waals surface area contributed by atoms with Crippen LogP contribution in [-0.4, -0.2) is 35.3 Å². The number of nitrogens with one attached hydrogen (secondary N) is 1. The first-order valence-electron chi connectivity index (χ1n) is 11.0. The number of rotatable bonds is 7. The fraction of sp³-hybridized carbons (Fsp3) is 0.222. The summed E-state index contributed by atoms with van der Waals surface area (Å²) in [5.74, 6) is -0.819. The zero-order chi connectivity index (χ0) is 23.2. The highest BCUT2D eigenvalue weighted by molar-refractivity contribution is 6.00. The lowest BCUT2D eigenvalue weighted by Crippen LogP contribution is -2.30. The van der Waals surface area contributed by atoms with E-state index >= 15 is 0 Å². The van der Waals surface area contributed by atoms with Gasteiger partial charge in [-0.25, -0.2) is 4.79 Å². The number of carbonyl (C=O) groups excluding carboxylic acids is 3. The van der Waals surface area contributed by atoms with Crippen molar-refractivity contribution in [1.82, 2.24) is 4.90 Å². The standard InChI is InChI=1S/C27H26N2O4/c1-19(26(31)28-24-11-6-5-10-23(24)21-8-3-2-4-9-21)33-27(32)22-15-13-20(14-16-22)18-29-17-7-12-25(29)30/h2-6,8-11,13-16,19H,7,12,17-18H2,1H3,(H,28,31). The van der Waals surface area contributed by atoms with Gasteiger partial charge in [-0.1, -0.05) is 60.7 Å². The fourth-order valence-electron chi connectivity index (χ4n) is 3.82. The van der Waals surface area contributed by atoms with Crippen LogP contribution >= 0.6 is 0 Å². The van der Waals surface area contributed by atoms with Gasteiger partial charge in [0, 0.05) is 30.8 Å². The summed E-state index contributed by atoms with van der Waals surface area (Å²) in [5, 5.41) is 2.87. The van der Waals surface area contributed by atoms with E-state index in [2.05, 4.69) is 5.32 Å². The van der Waals surface area contributed by atoms with E-state index in [1.807, 2.05) is 71.6 Å². The van der Waals surface area contributed by atoms with Crippen LogP contribution in [0.15, 0.2) is 78.9 Å². The molecule has 1 N–H and O–H groups in total. The average Bonchev–Trinajstić information content (AvgIpc) is 3.24. The molecule has 2 amide bonds. The third-order valence-electron chi connectivity index (χ3n) is 5.66. The lowest BCUT2D eigenvalue weighted by Gasteiger charge is -2.17. The maximum Gasteiger partial charge on any atom is 0.338 e. The van der Waals surface area contributed by atoms with Crippen LogP contribution in [0, 0.1) is 0 Å². The zero-order valence-corrected chi connectivity index (χ0v) is 18.5. The number of ether oxygens (including phenoxy) is 1. The molecule has 0 aliphatic carbocycles. The predicted octanol–water partition coefficient (Wildman–Crippen LogP) is 4.66. The molecule has 3 aromatic rings. The molecule has 1 aliphatic rings. The van der Waals surface area contributed by atoms with Crippen molar-refractivity contribution in [3.8, 4) is 11.1 Å². The van der Waals surface area contributed by atoms with E-state index in [1.54, 1.807) is 19.1 Å².